The molecule has 0 aromatic rings. The molecule has 0 radical (unpaired) electrons. The molecule has 2 unspecified atom stereocenters. The molecule has 0 aliphatic carbocycles. The van der Waals surface area contributed by atoms with E-state index in [0.717, 1.165) is 38.5 Å². The van der Waals surface area contributed by atoms with Gasteiger partial charge in [0.1, 0.15) is 0 Å². The number of nitrogens with one attached hydrogen (secondary N) is 1. The molecule has 0 saturated carbocycles. The van der Waals surface area contributed by atoms with Gasteiger partial charge in [-0.1, -0.05) is 303 Å². The van der Waals surface area contributed by atoms with E-state index < -0.39 is 12.1 Å². The molecule has 3 N–H and O–H groups in total. The minimum Gasteiger partial charge on any atom is -0.466 e. The highest BCUT2D eigenvalue weighted by atomic mass is 16.5. The number of rotatable bonds is 56. The normalized spacial score (nSPS) is 12.5. The zero-order valence-electron chi connectivity index (χ0n) is 44.3. The average molecular weight is 921 g/mol. The zero-order valence-corrected chi connectivity index (χ0v) is 44.3. The maximum Gasteiger partial charge on any atom is 0.305 e. The van der Waals surface area contributed by atoms with E-state index in [1.54, 1.807) is 0 Å². The van der Waals surface area contributed by atoms with E-state index in [1.807, 2.05) is 0 Å². The molecule has 0 aliphatic rings. The molecule has 0 heterocycles. The second-order valence-electron chi connectivity index (χ2n) is 20.7. The first-order chi connectivity index (χ1) is 32.0. The molecular weight excluding hydrogens is 803 g/mol. The van der Waals surface area contributed by atoms with Crippen LogP contribution in [0.5, 0.6) is 0 Å². The maximum atomic E-state index is 12.5. The fraction of sp³-hybridized carbons (Fsp3) is 0.966. The highest BCUT2D eigenvalue weighted by Crippen LogP contribution is 2.18. The van der Waals surface area contributed by atoms with Gasteiger partial charge in [-0.25, -0.2) is 0 Å². The number of aliphatic hydroxyl groups is 2. The predicted molar refractivity (Wildman–Crippen MR) is 283 cm³/mol. The van der Waals surface area contributed by atoms with Crippen LogP contribution in [-0.2, 0) is 14.3 Å². The van der Waals surface area contributed by atoms with E-state index in [9.17, 15) is 19.8 Å². The Labute approximate surface area is 406 Å². The van der Waals surface area contributed by atoms with Crippen molar-refractivity contribution in [3.63, 3.8) is 0 Å². The Kier molecular flexibility index (Phi) is 54.5. The lowest BCUT2D eigenvalue weighted by Crippen LogP contribution is -2.45. The van der Waals surface area contributed by atoms with Gasteiger partial charge in [-0.3, -0.25) is 9.59 Å². The second kappa shape index (κ2) is 55.5. The summed E-state index contributed by atoms with van der Waals surface area (Å²) in [5.74, 6) is -0.0306. The molecule has 0 fully saturated rings. The van der Waals surface area contributed by atoms with Gasteiger partial charge < -0.3 is 20.3 Å². The number of aliphatic hydroxyl groups excluding tert-OH is 2. The van der Waals surface area contributed by atoms with Crippen molar-refractivity contribution in [1.29, 1.82) is 0 Å². The number of hydrogen-bond donors (Lipinski definition) is 3. The monoisotopic (exact) mass is 920 g/mol. The van der Waals surface area contributed by atoms with E-state index >= 15 is 0 Å². The van der Waals surface area contributed by atoms with Gasteiger partial charge >= 0.3 is 5.97 Å². The van der Waals surface area contributed by atoms with Gasteiger partial charge in [0.25, 0.3) is 0 Å². The van der Waals surface area contributed by atoms with E-state index in [2.05, 4.69) is 19.2 Å². The van der Waals surface area contributed by atoms with Gasteiger partial charge in [0.2, 0.25) is 5.91 Å². The van der Waals surface area contributed by atoms with Crippen LogP contribution in [0.4, 0.5) is 0 Å². The summed E-state index contributed by atoms with van der Waals surface area (Å²) < 4.78 is 5.50. The molecular formula is C59H117NO5. The van der Waals surface area contributed by atoms with Gasteiger partial charge in [0.05, 0.1) is 25.4 Å². The number of carbonyl (C=O) groups is 2. The number of amides is 1. The van der Waals surface area contributed by atoms with Crippen LogP contribution < -0.4 is 5.32 Å². The molecule has 1 amide bonds. The summed E-state index contributed by atoms with van der Waals surface area (Å²) in [7, 11) is 0. The van der Waals surface area contributed by atoms with Gasteiger partial charge in [-0.15, -0.1) is 0 Å². The Morgan fingerprint density at radius 1 is 0.369 bits per heavy atom. The van der Waals surface area contributed by atoms with Crippen molar-refractivity contribution in [3.05, 3.63) is 0 Å². The molecule has 388 valence electrons. The highest BCUT2D eigenvalue weighted by Gasteiger charge is 2.20. The molecule has 0 saturated heterocycles. The van der Waals surface area contributed by atoms with E-state index in [4.69, 9.17) is 4.74 Å². The lowest BCUT2D eigenvalue weighted by molar-refractivity contribution is -0.143. The average Bonchev–Trinajstić information content (AvgIpc) is 3.31. The van der Waals surface area contributed by atoms with Crippen LogP contribution in [0.25, 0.3) is 0 Å². The Balaban J connectivity index is 3.37. The molecule has 0 rings (SSSR count). The quantitative estimate of drug-likeness (QED) is 0.0417. The number of esters is 1. The molecule has 6 nitrogen and oxygen atoms in total. The van der Waals surface area contributed by atoms with Crippen LogP contribution in [0.1, 0.15) is 341 Å². The van der Waals surface area contributed by atoms with E-state index in [-0.39, 0.29) is 18.5 Å². The number of carbonyl (C=O) groups excluding carboxylic acids is 2. The van der Waals surface area contributed by atoms with Crippen molar-refractivity contribution >= 4 is 11.9 Å². The number of unbranched alkanes of at least 4 members (excludes halogenated alkanes) is 45. The van der Waals surface area contributed by atoms with Crippen LogP contribution in [-0.4, -0.2) is 47.4 Å². The minimum absolute atomic E-state index is 0.00889. The van der Waals surface area contributed by atoms with Crippen LogP contribution in [0.15, 0.2) is 0 Å². The largest absolute Gasteiger partial charge is 0.466 e. The maximum absolute atomic E-state index is 12.5. The molecule has 0 bridgehead atoms. The number of hydrogen-bond acceptors (Lipinski definition) is 5. The molecule has 6 heteroatoms. The number of ether oxygens (including phenoxy) is 1. The van der Waals surface area contributed by atoms with E-state index in [1.165, 1.54) is 270 Å². The Bertz CT molecular complexity index is 928. The predicted octanol–water partition coefficient (Wildman–Crippen LogP) is 18.3. The minimum atomic E-state index is -0.667. The van der Waals surface area contributed by atoms with Gasteiger partial charge in [-0.05, 0) is 25.7 Å². The summed E-state index contributed by atoms with van der Waals surface area (Å²) in [6.45, 7) is 4.97. The lowest BCUT2D eigenvalue weighted by Gasteiger charge is -2.22. The standard InChI is InChI=1S/C59H117NO5/c1-3-5-7-9-11-13-15-17-18-19-20-21-25-29-33-37-41-45-49-53-59(64)65-54-50-46-42-38-34-30-26-23-22-24-28-32-36-40-44-48-52-58(63)60-56(55-61)57(62)51-47-43-39-35-31-27-16-14-12-10-8-6-4-2/h56-57,61-62H,3-55H2,1-2H3,(H,60,63). The van der Waals surface area contributed by atoms with Crippen molar-refractivity contribution in [1.82, 2.24) is 5.32 Å². The third-order valence-corrected chi connectivity index (χ3v) is 14.2. The Morgan fingerprint density at radius 2 is 0.631 bits per heavy atom. The van der Waals surface area contributed by atoms with Crippen LogP contribution in [0.3, 0.4) is 0 Å². The SMILES string of the molecule is CCCCCCCCCCCCCCCCCCCCCC(=O)OCCCCCCCCCCCCCCCCCCC(=O)NC(CO)C(O)CCCCCCCCCCCCCCC. The summed E-state index contributed by atoms with van der Waals surface area (Å²) in [6.07, 6.45) is 63.8. The van der Waals surface area contributed by atoms with Crippen LogP contribution in [0.2, 0.25) is 0 Å². The Hall–Kier alpha value is -1.14. The first-order valence-corrected chi connectivity index (χ1v) is 29.8. The molecule has 0 aliphatic heterocycles. The van der Waals surface area contributed by atoms with Crippen LogP contribution >= 0.6 is 0 Å². The fourth-order valence-corrected chi connectivity index (χ4v) is 9.58. The van der Waals surface area contributed by atoms with Crippen molar-refractivity contribution in [2.45, 2.75) is 353 Å². The van der Waals surface area contributed by atoms with Crippen molar-refractivity contribution in [2.75, 3.05) is 13.2 Å². The highest BCUT2D eigenvalue weighted by molar-refractivity contribution is 5.76. The summed E-state index contributed by atoms with van der Waals surface area (Å²) in [4.78, 5) is 24.6. The van der Waals surface area contributed by atoms with E-state index in [0.29, 0.717) is 25.9 Å². The smallest absolute Gasteiger partial charge is 0.305 e. The molecule has 0 aromatic carbocycles. The molecule has 0 spiro atoms. The molecule has 65 heavy (non-hydrogen) atoms. The third kappa shape index (κ3) is 52.1. The third-order valence-electron chi connectivity index (χ3n) is 14.2. The molecule has 2 atom stereocenters. The summed E-state index contributed by atoms with van der Waals surface area (Å²) in [5, 5.41) is 23.2. The topological polar surface area (TPSA) is 95.9 Å². The summed E-state index contributed by atoms with van der Waals surface area (Å²) in [6, 6.07) is -0.544. The zero-order chi connectivity index (χ0) is 47.2. The second-order valence-corrected chi connectivity index (χ2v) is 20.7. The van der Waals surface area contributed by atoms with Gasteiger partial charge in [0, 0.05) is 12.8 Å². The molecule has 0 aromatic heterocycles. The Morgan fingerprint density at radius 3 is 0.938 bits per heavy atom. The van der Waals surface area contributed by atoms with Crippen molar-refractivity contribution in [3.8, 4) is 0 Å². The first-order valence-electron chi connectivity index (χ1n) is 29.8. The van der Waals surface area contributed by atoms with Crippen LogP contribution in [0, 0.1) is 0 Å². The van der Waals surface area contributed by atoms with Gasteiger partial charge in [0.15, 0.2) is 0 Å². The first kappa shape index (κ1) is 63.9. The van der Waals surface area contributed by atoms with Crippen molar-refractivity contribution < 1.29 is 24.5 Å². The van der Waals surface area contributed by atoms with Gasteiger partial charge in [-0.2, -0.15) is 0 Å². The summed E-state index contributed by atoms with van der Waals surface area (Å²) >= 11 is 0. The van der Waals surface area contributed by atoms with Crippen molar-refractivity contribution in [2.24, 2.45) is 0 Å². The lowest BCUT2D eigenvalue weighted by atomic mass is 10.0. The fourth-order valence-electron chi connectivity index (χ4n) is 9.58. The summed E-state index contributed by atoms with van der Waals surface area (Å²) in [5.41, 5.74) is 0.